The lowest BCUT2D eigenvalue weighted by atomic mass is 9.68. The first kappa shape index (κ1) is 20.7. The van der Waals surface area contributed by atoms with Crippen LogP contribution in [0.1, 0.15) is 95.0 Å². The average molecular weight is 463 g/mol. The number of thioether (sulfide) groups is 1. The van der Waals surface area contributed by atoms with Crippen LogP contribution in [0.3, 0.4) is 0 Å². The van der Waals surface area contributed by atoms with Crippen LogP contribution in [0.4, 0.5) is 0 Å². The third kappa shape index (κ3) is 3.00. The van der Waals surface area contributed by atoms with E-state index in [0.29, 0.717) is 0 Å². The first-order valence-electron chi connectivity index (χ1n) is 14.6. The minimum atomic E-state index is 0.783. The topological polar surface area (TPSA) is 6.48 Å². The van der Waals surface area contributed by atoms with Crippen molar-refractivity contribution in [3.8, 4) is 0 Å². The minimum absolute atomic E-state index is 0.783. The summed E-state index contributed by atoms with van der Waals surface area (Å²) in [6.45, 7) is 0. The third-order valence-electron chi connectivity index (χ3n) is 11.6. The molecule has 3 heteroatoms. The summed E-state index contributed by atoms with van der Waals surface area (Å²) in [7, 11) is 0. The van der Waals surface area contributed by atoms with Crippen molar-refractivity contribution < 1.29 is 0 Å². The van der Waals surface area contributed by atoms with Gasteiger partial charge in [0.05, 0.1) is 0 Å². The second-order valence-corrected chi connectivity index (χ2v) is 14.2. The second kappa shape index (κ2) is 8.00. The molecule has 11 unspecified atom stereocenters. The molecule has 178 valence electrons. The number of nitrogens with zero attached hydrogens (tertiary/aromatic N) is 2. The number of fused-ring (bicyclic) bond motifs is 8. The largest absolute Gasteiger partial charge is 0.291 e. The molecule has 3 aliphatic heterocycles. The van der Waals surface area contributed by atoms with Crippen LogP contribution >= 0.6 is 11.8 Å². The van der Waals surface area contributed by atoms with Crippen LogP contribution < -0.4 is 0 Å². The molecule has 4 aliphatic carbocycles. The van der Waals surface area contributed by atoms with E-state index in [0.717, 1.165) is 64.5 Å². The fraction of sp³-hybridized carbons (Fsp3) is 0.800. The summed E-state index contributed by atoms with van der Waals surface area (Å²) < 4.78 is 0. The lowest BCUT2D eigenvalue weighted by Crippen LogP contribution is -2.77. The van der Waals surface area contributed by atoms with Gasteiger partial charge in [0.1, 0.15) is 0 Å². The Balaban J connectivity index is 1.21. The molecule has 3 heterocycles. The molecule has 11 atom stereocenters. The van der Waals surface area contributed by atoms with E-state index in [4.69, 9.17) is 0 Å². The molecule has 7 fully saturated rings. The molecule has 0 N–H and O–H groups in total. The normalized spacial score (nSPS) is 51.2. The minimum Gasteiger partial charge on any atom is -0.291 e. The highest BCUT2D eigenvalue weighted by molar-refractivity contribution is 8.00. The van der Waals surface area contributed by atoms with Crippen LogP contribution in [0.2, 0.25) is 0 Å². The maximum Gasteiger partial charge on any atom is 0.0380 e. The highest BCUT2D eigenvalue weighted by Gasteiger charge is 2.65. The number of benzene rings is 1. The van der Waals surface area contributed by atoms with Gasteiger partial charge in [-0.05, 0) is 81.1 Å². The molecular weight excluding hydrogens is 420 g/mol. The van der Waals surface area contributed by atoms with Gasteiger partial charge in [-0.3, -0.25) is 9.80 Å². The van der Waals surface area contributed by atoms with Crippen LogP contribution in [-0.4, -0.2) is 56.6 Å². The quantitative estimate of drug-likeness (QED) is 0.473. The molecule has 1 aromatic carbocycles. The summed E-state index contributed by atoms with van der Waals surface area (Å²) in [5.41, 5.74) is 1.63. The van der Waals surface area contributed by atoms with Crippen molar-refractivity contribution in [2.45, 2.75) is 136 Å². The van der Waals surface area contributed by atoms with Gasteiger partial charge < -0.3 is 0 Å². The Bertz CT molecular complexity index is 873. The number of piperazine rings is 1. The van der Waals surface area contributed by atoms with Crippen molar-refractivity contribution in [2.24, 2.45) is 11.8 Å². The van der Waals surface area contributed by atoms with Crippen molar-refractivity contribution in [2.75, 3.05) is 0 Å². The van der Waals surface area contributed by atoms with Crippen LogP contribution in [0.5, 0.6) is 0 Å². The fourth-order valence-corrected chi connectivity index (χ4v) is 12.5. The summed E-state index contributed by atoms with van der Waals surface area (Å²) in [5.74, 6) is 2.82. The maximum atomic E-state index is 3.29. The molecule has 0 bridgehead atoms. The van der Waals surface area contributed by atoms with Crippen molar-refractivity contribution in [1.82, 2.24) is 9.80 Å². The van der Waals surface area contributed by atoms with Gasteiger partial charge in [0.2, 0.25) is 0 Å². The Labute approximate surface area is 205 Å². The van der Waals surface area contributed by atoms with Crippen molar-refractivity contribution >= 4 is 11.8 Å². The van der Waals surface area contributed by atoms with Crippen LogP contribution in [0.15, 0.2) is 30.3 Å². The Kier molecular flexibility index (Phi) is 5.01. The second-order valence-electron chi connectivity index (χ2n) is 12.8. The van der Waals surface area contributed by atoms with E-state index >= 15 is 0 Å². The van der Waals surface area contributed by atoms with Crippen LogP contribution in [0, 0.1) is 11.8 Å². The SMILES string of the molecule is c1ccc(C2CCC3C(C2)N2C4CCCCC4C4CCC5SC6CCCCC6N3C5C42)cc1. The van der Waals surface area contributed by atoms with Crippen molar-refractivity contribution in [3.05, 3.63) is 35.9 Å². The predicted octanol–water partition coefficient (Wildman–Crippen LogP) is 6.46. The van der Waals surface area contributed by atoms with Gasteiger partial charge >= 0.3 is 0 Å². The lowest BCUT2D eigenvalue weighted by Gasteiger charge is -2.66. The molecule has 0 spiro atoms. The zero-order valence-corrected chi connectivity index (χ0v) is 21.0. The molecule has 33 heavy (non-hydrogen) atoms. The van der Waals surface area contributed by atoms with Crippen LogP contribution in [0.25, 0.3) is 0 Å². The third-order valence-corrected chi connectivity index (χ3v) is 13.3. The Morgan fingerprint density at radius 3 is 2.27 bits per heavy atom. The Hall–Kier alpha value is -0.510. The number of rotatable bonds is 1. The van der Waals surface area contributed by atoms with E-state index in [1.807, 2.05) is 0 Å². The molecule has 1 aromatic rings. The summed E-state index contributed by atoms with van der Waals surface area (Å²) in [6, 6.07) is 16.9. The van der Waals surface area contributed by atoms with Gasteiger partial charge in [0.25, 0.3) is 0 Å². The van der Waals surface area contributed by atoms with Gasteiger partial charge in [0, 0.05) is 46.8 Å². The van der Waals surface area contributed by atoms with E-state index in [-0.39, 0.29) is 0 Å². The monoisotopic (exact) mass is 462 g/mol. The summed E-state index contributed by atoms with van der Waals surface area (Å²) in [6.07, 6.45) is 19.4. The van der Waals surface area contributed by atoms with Crippen molar-refractivity contribution in [1.29, 1.82) is 0 Å². The maximum absolute atomic E-state index is 3.29. The van der Waals surface area contributed by atoms with Gasteiger partial charge in [-0.25, -0.2) is 0 Å². The molecule has 7 aliphatic rings. The van der Waals surface area contributed by atoms with E-state index in [2.05, 4.69) is 51.9 Å². The zero-order chi connectivity index (χ0) is 21.5. The Morgan fingerprint density at radius 1 is 0.576 bits per heavy atom. The number of hydrogen-bond donors (Lipinski definition) is 0. The molecule has 3 saturated heterocycles. The zero-order valence-electron chi connectivity index (χ0n) is 20.2. The van der Waals surface area contributed by atoms with Crippen LogP contribution in [-0.2, 0) is 0 Å². The average Bonchev–Trinajstić information content (AvgIpc) is 3.23. The molecule has 0 radical (unpaired) electrons. The fourth-order valence-electron chi connectivity index (χ4n) is 10.6. The van der Waals surface area contributed by atoms with E-state index in [9.17, 15) is 0 Å². The van der Waals surface area contributed by atoms with Crippen molar-refractivity contribution in [3.63, 3.8) is 0 Å². The smallest absolute Gasteiger partial charge is 0.0380 e. The standard InChI is InChI=1S/C30H42N2S/c1-2-8-19(9-3-1)20-14-16-24-26(18-20)31-23-11-5-4-10-21(23)22-15-17-28-30(29(22)31)32(24)25-12-6-7-13-27(25)33-28/h1-3,8-9,20-30H,4-7,10-18H2. The molecular formula is C30H42N2S. The van der Waals surface area contributed by atoms with Gasteiger partial charge in [-0.1, -0.05) is 56.0 Å². The van der Waals surface area contributed by atoms with E-state index < -0.39 is 0 Å². The van der Waals surface area contributed by atoms with Gasteiger partial charge in [-0.2, -0.15) is 11.8 Å². The molecule has 4 saturated carbocycles. The highest BCUT2D eigenvalue weighted by Crippen LogP contribution is 2.60. The molecule has 0 aromatic heterocycles. The first-order valence-corrected chi connectivity index (χ1v) is 15.6. The molecule has 2 nitrogen and oxygen atoms in total. The number of hydrogen-bond acceptors (Lipinski definition) is 3. The molecule has 0 amide bonds. The highest BCUT2D eigenvalue weighted by atomic mass is 32.2. The summed E-state index contributed by atoms with van der Waals surface area (Å²) >= 11 is 2.49. The molecule has 8 rings (SSSR count). The summed E-state index contributed by atoms with van der Waals surface area (Å²) in [5, 5.41) is 1.88. The Morgan fingerprint density at radius 2 is 1.36 bits per heavy atom. The first-order chi connectivity index (χ1) is 16.4. The van der Waals surface area contributed by atoms with E-state index in [1.165, 1.54) is 70.6 Å². The van der Waals surface area contributed by atoms with Gasteiger partial charge in [0.15, 0.2) is 0 Å². The van der Waals surface area contributed by atoms with Gasteiger partial charge in [-0.15, -0.1) is 0 Å². The predicted molar refractivity (Wildman–Crippen MR) is 138 cm³/mol. The van der Waals surface area contributed by atoms with E-state index in [1.54, 1.807) is 18.4 Å². The summed E-state index contributed by atoms with van der Waals surface area (Å²) in [4.78, 5) is 6.58. The lowest BCUT2D eigenvalue weighted by molar-refractivity contribution is -0.122.